The Morgan fingerprint density at radius 1 is 1.20 bits per heavy atom. The lowest BCUT2D eigenvalue weighted by molar-refractivity contribution is 0.0289. The van der Waals surface area contributed by atoms with Crippen LogP contribution < -0.4 is 5.73 Å². The standard InChI is InChI=1S/C21H23Cl2N5O2/c1-21(2,3)30-20(29)27-9-8-14(10-27)28-17(23)15(12-4-6-13(22)7-5-12)16-18(24)25-11-26-19(16)28/h4-7,11,14H,8-10H2,1-3H3,(H2,24,25,26). The van der Waals surface area contributed by atoms with Crippen LogP contribution in [0.25, 0.3) is 22.2 Å². The summed E-state index contributed by atoms with van der Waals surface area (Å²) in [5.41, 5.74) is 7.95. The van der Waals surface area contributed by atoms with Gasteiger partial charge in [0.25, 0.3) is 0 Å². The summed E-state index contributed by atoms with van der Waals surface area (Å²) < 4.78 is 7.46. The van der Waals surface area contributed by atoms with Gasteiger partial charge in [-0.3, -0.25) is 0 Å². The van der Waals surface area contributed by atoms with Gasteiger partial charge in [-0.25, -0.2) is 14.8 Å². The van der Waals surface area contributed by atoms with Crippen LogP contribution in [-0.4, -0.2) is 44.2 Å². The summed E-state index contributed by atoms with van der Waals surface area (Å²) in [7, 11) is 0. The summed E-state index contributed by atoms with van der Waals surface area (Å²) in [6.45, 7) is 6.61. The number of halogens is 2. The molecule has 1 amide bonds. The molecular weight excluding hydrogens is 425 g/mol. The molecule has 3 heterocycles. The molecule has 2 N–H and O–H groups in total. The van der Waals surface area contributed by atoms with E-state index in [-0.39, 0.29) is 12.1 Å². The van der Waals surface area contributed by atoms with E-state index in [0.717, 1.165) is 17.5 Å². The first kappa shape index (κ1) is 20.8. The normalized spacial score (nSPS) is 17.0. The number of carbonyl (C=O) groups is 1. The molecule has 0 spiro atoms. The Morgan fingerprint density at radius 3 is 2.57 bits per heavy atom. The van der Waals surface area contributed by atoms with Crippen LogP contribution in [0.4, 0.5) is 10.6 Å². The van der Waals surface area contributed by atoms with Crippen LogP contribution in [0.1, 0.15) is 33.2 Å². The van der Waals surface area contributed by atoms with Crippen molar-refractivity contribution in [1.29, 1.82) is 0 Å². The number of carbonyl (C=O) groups excluding carboxylic acids is 1. The largest absolute Gasteiger partial charge is 0.444 e. The third kappa shape index (κ3) is 3.79. The van der Waals surface area contributed by atoms with E-state index in [1.165, 1.54) is 6.33 Å². The average Bonchev–Trinajstić information content (AvgIpc) is 3.24. The molecule has 1 saturated heterocycles. The highest BCUT2D eigenvalue weighted by Gasteiger charge is 2.34. The minimum atomic E-state index is -0.545. The lowest BCUT2D eigenvalue weighted by Crippen LogP contribution is -2.35. The number of hydrogen-bond acceptors (Lipinski definition) is 5. The number of hydrogen-bond donors (Lipinski definition) is 1. The molecule has 0 saturated carbocycles. The van der Waals surface area contributed by atoms with Gasteiger partial charge in [0.1, 0.15) is 28.5 Å². The Kier molecular flexibility index (Phi) is 5.28. The van der Waals surface area contributed by atoms with Gasteiger partial charge >= 0.3 is 6.09 Å². The van der Waals surface area contributed by atoms with Crippen molar-refractivity contribution in [2.45, 2.75) is 38.8 Å². The Balaban J connectivity index is 1.76. The quantitative estimate of drug-likeness (QED) is 0.585. The molecule has 0 bridgehead atoms. The molecule has 7 nitrogen and oxygen atoms in total. The second-order valence-corrected chi connectivity index (χ2v) is 9.16. The summed E-state index contributed by atoms with van der Waals surface area (Å²) in [6.07, 6.45) is 1.83. The van der Waals surface area contributed by atoms with Gasteiger partial charge in [0.05, 0.1) is 11.4 Å². The van der Waals surface area contributed by atoms with Crippen molar-refractivity contribution in [3.63, 3.8) is 0 Å². The molecule has 1 unspecified atom stereocenters. The maximum absolute atomic E-state index is 12.5. The van der Waals surface area contributed by atoms with E-state index in [0.29, 0.717) is 40.1 Å². The van der Waals surface area contributed by atoms with E-state index < -0.39 is 5.60 Å². The fourth-order valence-corrected chi connectivity index (χ4v) is 4.33. The zero-order valence-electron chi connectivity index (χ0n) is 17.0. The van der Waals surface area contributed by atoms with E-state index in [1.807, 2.05) is 37.5 Å². The minimum Gasteiger partial charge on any atom is -0.444 e. The van der Waals surface area contributed by atoms with Gasteiger partial charge in [0.2, 0.25) is 0 Å². The van der Waals surface area contributed by atoms with Crippen LogP contribution in [0.15, 0.2) is 30.6 Å². The zero-order valence-corrected chi connectivity index (χ0v) is 18.5. The Hall–Kier alpha value is -2.51. The summed E-state index contributed by atoms with van der Waals surface area (Å²) in [5.74, 6) is 0.354. The number of amides is 1. The molecule has 9 heteroatoms. The highest BCUT2D eigenvalue weighted by molar-refractivity contribution is 6.35. The smallest absolute Gasteiger partial charge is 0.410 e. The van der Waals surface area contributed by atoms with Crippen molar-refractivity contribution in [3.8, 4) is 11.1 Å². The van der Waals surface area contributed by atoms with Crippen LogP contribution in [0.3, 0.4) is 0 Å². The molecule has 4 rings (SSSR count). The predicted molar refractivity (Wildman–Crippen MR) is 119 cm³/mol. The monoisotopic (exact) mass is 447 g/mol. The Morgan fingerprint density at radius 2 is 1.90 bits per heavy atom. The van der Waals surface area contributed by atoms with Gasteiger partial charge < -0.3 is 19.9 Å². The second kappa shape index (κ2) is 7.63. The van der Waals surface area contributed by atoms with E-state index >= 15 is 0 Å². The first-order valence-corrected chi connectivity index (χ1v) is 10.4. The van der Waals surface area contributed by atoms with Crippen LogP contribution in [0.2, 0.25) is 10.2 Å². The van der Waals surface area contributed by atoms with Crippen molar-refractivity contribution >= 4 is 46.1 Å². The van der Waals surface area contributed by atoms with Gasteiger partial charge in [-0.15, -0.1) is 0 Å². The van der Waals surface area contributed by atoms with Crippen molar-refractivity contribution in [2.75, 3.05) is 18.8 Å². The SMILES string of the molecule is CC(C)(C)OC(=O)N1CCC(n2c(Cl)c(-c3ccc(Cl)cc3)c3c(N)ncnc32)C1. The van der Waals surface area contributed by atoms with Gasteiger partial charge in [0, 0.05) is 23.7 Å². The first-order valence-electron chi connectivity index (χ1n) is 9.69. The van der Waals surface area contributed by atoms with E-state index in [9.17, 15) is 4.79 Å². The molecule has 0 radical (unpaired) electrons. The fraction of sp³-hybridized carbons (Fsp3) is 0.381. The summed E-state index contributed by atoms with van der Waals surface area (Å²) in [6, 6.07) is 7.33. The van der Waals surface area contributed by atoms with Crippen molar-refractivity contribution in [3.05, 3.63) is 40.8 Å². The van der Waals surface area contributed by atoms with Gasteiger partial charge in [-0.1, -0.05) is 35.3 Å². The van der Waals surface area contributed by atoms with Crippen molar-refractivity contribution < 1.29 is 9.53 Å². The van der Waals surface area contributed by atoms with Crippen LogP contribution >= 0.6 is 23.2 Å². The third-order valence-electron chi connectivity index (χ3n) is 5.07. The average molecular weight is 448 g/mol. The highest BCUT2D eigenvalue weighted by atomic mass is 35.5. The summed E-state index contributed by atoms with van der Waals surface area (Å²) >= 11 is 12.9. The summed E-state index contributed by atoms with van der Waals surface area (Å²) in [5, 5.41) is 1.84. The van der Waals surface area contributed by atoms with Crippen LogP contribution in [0.5, 0.6) is 0 Å². The molecule has 158 valence electrons. The number of ether oxygens (including phenoxy) is 1. The molecule has 3 aromatic rings. The molecule has 0 aliphatic carbocycles. The zero-order chi connectivity index (χ0) is 21.6. The Bertz CT molecular complexity index is 1110. The number of anilines is 1. The number of nitrogens with two attached hydrogens (primary N) is 1. The number of nitrogens with zero attached hydrogens (tertiary/aromatic N) is 4. The van der Waals surface area contributed by atoms with Gasteiger partial charge in [-0.05, 0) is 44.9 Å². The lowest BCUT2D eigenvalue weighted by atomic mass is 10.1. The molecule has 1 atom stereocenters. The fourth-order valence-electron chi connectivity index (χ4n) is 3.79. The third-order valence-corrected chi connectivity index (χ3v) is 5.69. The second-order valence-electron chi connectivity index (χ2n) is 8.37. The van der Waals surface area contributed by atoms with Crippen molar-refractivity contribution in [2.24, 2.45) is 0 Å². The Labute approximate surface area is 184 Å². The number of fused-ring (bicyclic) bond motifs is 1. The minimum absolute atomic E-state index is 0.0529. The summed E-state index contributed by atoms with van der Waals surface area (Å²) in [4.78, 5) is 22.8. The topological polar surface area (TPSA) is 86.3 Å². The molecule has 30 heavy (non-hydrogen) atoms. The molecule has 2 aromatic heterocycles. The molecule has 1 aromatic carbocycles. The van der Waals surface area contributed by atoms with Crippen LogP contribution in [-0.2, 0) is 4.74 Å². The highest BCUT2D eigenvalue weighted by Crippen LogP contribution is 2.43. The van der Waals surface area contributed by atoms with E-state index in [2.05, 4.69) is 9.97 Å². The number of nitrogen functional groups attached to an aromatic ring is 1. The van der Waals surface area contributed by atoms with Crippen molar-refractivity contribution in [1.82, 2.24) is 19.4 Å². The number of likely N-dealkylation sites (tertiary alicyclic amines) is 1. The van der Waals surface area contributed by atoms with Crippen LogP contribution in [0, 0.1) is 0 Å². The number of benzene rings is 1. The first-order chi connectivity index (χ1) is 14.2. The van der Waals surface area contributed by atoms with E-state index in [1.54, 1.807) is 17.0 Å². The number of rotatable bonds is 2. The number of aromatic nitrogens is 3. The molecule has 1 fully saturated rings. The van der Waals surface area contributed by atoms with E-state index in [4.69, 9.17) is 33.7 Å². The lowest BCUT2D eigenvalue weighted by Gasteiger charge is -2.24. The van der Waals surface area contributed by atoms with Gasteiger partial charge in [-0.2, -0.15) is 0 Å². The molecule has 1 aliphatic rings. The predicted octanol–water partition coefficient (Wildman–Crippen LogP) is 5.17. The maximum atomic E-state index is 12.5. The molecular formula is C21H23Cl2N5O2. The molecule has 1 aliphatic heterocycles. The maximum Gasteiger partial charge on any atom is 0.410 e. The van der Waals surface area contributed by atoms with Gasteiger partial charge in [0.15, 0.2) is 0 Å².